The van der Waals surface area contributed by atoms with Gasteiger partial charge in [0.15, 0.2) is 6.29 Å². The first-order chi connectivity index (χ1) is 16.9. The van der Waals surface area contributed by atoms with Crippen molar-refractivity contribution in [3.05, 3.63) is 24.3 Å². The summed E-state index contributed by atoms with van der Waals surface area (Å²) in [6.07, 6.45) is 17.3. The molecule has 1 heterocycles. The Labute approximate surface area is 211 Å². The topological polar surface area (TPSA) is 91.3 Å². The quantitative estimate of drug-likeness (QED) is 0.189. The van der Waals surface area contributed by atoms with Gasteiger partial charge in [-0.1, -0.05) is 50.5 Å². The minimum Gasteiger partial charge on any atom is -0.469 e. The number of ether oxygens (including phenoxy) is 4. The SMILES string of the molecule is CCCCC[C@H](O)C=C[C@@H]1[C@@H](C/C=C\CCCC(=O)OC)[C@@H](OC(C)=O)C[C@H]1OC1CCCCO1. The predicted octanol–water partition coefficient (Wildman–Crippen LogP) is 5.25. The second-order valence-electron chi connectivity index (χ2n) is 9.72. The lowest BCUT2D eigenvalue weighted by molar-refractivity contribution is -0.193. The van der Waals surface area contributed by atoms with Crippen LogP contribution in [0, 0.1) is 11.8 Å². The van der Waals surface area contributed by atoms with Crippen molar-refractivity contribution in [1.29, 1.82) is 0 Å². The number of hydrogen-bond acceptors (Lipinski definition) is 7. The molecule has 1 saturated heterocycles. The number of aliphatic hydroxyl groups excluding tert-OH is 1. The Hall–Kier alpha value is -1.70. The number of aliphatic hydroxyl groups is 1. The Morgan fingerprint density at radius 3 is 2.66 bits per heavy atom. The van der Waals surface area contributed by atoms with E-state index in [0.29, 0.717) is 19.4 Å². The number of esters is 2. The summed E-state index contributed by atoms with van der Waals surface area (Å²) in [5, 5.41) is 10.5. The number of carbonyl (C=O) groups excluding carboxylic acids is 2. The van der Waals surface area contributed by atoms with Gasteiger partial charge in [0.25, 0.3) is 0 Å². The van der Waals surface area contributed by atoms with Gasteiger partial charge in [0.2, 0.25) is 0 Å². The summed E-state index contributed by atoms with van der Waals surface area (Å²) in [6, 6.07) is 0. The third-order valence-corrected chi connectivity index (χ3v) is 6.86. The zero-order valence-electron chi connectivity index (χ0n) is 21.9. The molecule has 2 aliphatic rings. The zero-order chi connectivity index (χ0) is 25.5. The van der Waals surface area contributed by atoms with E-state index in [1.165, 1.54) is 14.0 Å². The first-order valence-corrected chi connectivity index (χ1v) is 13.5. The van der Waals surface area contributed by atoms with Crippen LogP contribution in [-0.2, 0) is 28.5 Å². The normalized spacial score (nSPS) is 27.9. The van der Waals surface area contributed by atoms with Crippen molar-refractivity contribution in [2.24, 2.45) is 11.8 Å². The first kappa shape index (κ1) is 29.5. The molecule has 0 radical (unpaired) electrons. The Morgan fingerprint density at radius 1 is 1.14 bits per heavy atom. The van der Waals surface area contributed by atoms with Crippen LogP contribution in [0.4, 0.5) is 0 Å². The third kappa shape index (κ3) is 11.3. The van der Waals surface area contributed by atoms with Crippen molar-refractivity contribution in [2.45, 2.75) is 115 Å². The van der Waals surface area contributed by atoms with Crippen molar-refractivity contribution in [3.8, 4) is 0 Å². The standard InChI is InChI=1S/C28H46O7/c1-4-5-8-13-22(30)17-18-24-23(14-9-6-7-10-15-27(31)32-3)25(34-21(2)29)20-26(24)35-28-16-11-12-19-33-28/h6,9,17-18,22-26,28,30H,4-5,7-8,10-16,19-20H2,1-3H3/b9-6-,18-17?/t22-,23+,24+,25-,26+,28?/m0/s1. The molecule has 1 unspecified atom stereocenters. The third-order valence-electron chi connectivity index (χ3n) is 6.86. The molecule has 0 aromatic carbocycles. The van der Waals surface area contributed by atoms with Crippen LogP contribution >= 0.6 is 0 Å². The summed E-state index contributed by atoms with van der Waals surface area (Å²) in [7, 11) is 1.40. The van der Waals surface area contributed by atoms with Crippen LogP contribution in [0.15, 0.2) is 24.3 Å². The average Bonchev–Trinajstić information content (AvgIpc) is 3.15. The maximum Gasteiger partial charge on any atom is 0.305 e. The molecule has 1 saturated carbocycles. The average molecular weight is 495 g/mol. The van der Waals surface area contributed by atoms with Crippen LogP contribution < -0.4 is 0 Å². The summed E-state index contributed by atoms with van der Waals surface area (Å²) in [5.41, 5.74) is 0. The second-order valence-corrected chi connectivity index (χ2v) is 9.72. The van der Waals surface area contributed by atoms with Gasteiger partial charge in [-0.05, 0) is 44.9 Å². The van der Waals surface area contributed by atoms with Crippen LogP contribution in [-0.4, -0.2) is 55.4 Å². The highest BCUT2D eigenvalue weighted by Crippen LogP contribution is 2.41. The molecular weight excluding hydrogens is 448 g/mol. The number of rotatable bonds is 15. The van der Waals surface area contributed by atoms with Crippen molar-refractivity contribution in [3.63, 3.8) is 0 Å². The first-order valence-electron chi connectivity index (χ1n) is 13.5. The molecule has 1 aliphatic heterocycles. The van der Waals surface area contributed by atoms with Gasteiger partial charge in [-0.2, -0.15) is 0 Å². The van der Waals surface area contributed by atoms with Crippen LogP contribution in [0.5, 0.6) is 0 Å². The molecule has 0 bridgehead atoms. The summed E-state index contributed by atoms with van der Waals surface area (Å²) in [6.45, 7) is 4.30. The van der Waals surface area contributed by atoms with Crippen molar-refractivity contribution in [2.75, 3.05) is 13.7 Å². The summed E-state index contributed by atoms with van der Waals surface area (Å²) in [5.74, 6) is -0.440. The molecule has 7 heteroatoms. The maximum absolute atomic E-state index is 11.9. The van der Waals surface area contributed by atoms with Gasteiger partial charge in [0, 0.05) is 38.2 Å². The molecule has 1 N–H and O–H groups in total. The molecule has 0 amide bonds. The smallest absolute Gasteiger partial charge is 0.305 e. The molecule has 0 spiro atoms. The molecule has 0 aromatic rings. The highest BCUT2D eigenvalue weighted by molar-refractivity contribution is 5.69. The zero-order valence-corrected chi connectivity index (χ0v) is 21.9. The molecule has 6 atom stereocenters. The van der Waals surface area contributed by atoms with E-state index in [-0.39, 0.29) is 42.3 Å². The fourth-order valence-corrected chi connectivity index (χ4v) is 4.96. The van der Waals surface area contributed by atoms with E-state index in [0.717, 1.165) is 64.2 Å². The monoisotopic (exact) mass is 494 g/mol. The lowest BCUT2D eigenvalue weighted by atomic mass is 9.89. The van der Waals surface area contributed by atoms with Gasteiger partial charge in [-0.3, -0.25) is 9.59 Å². The molecule has 200 valence electrons. The molecule has 0 aromatic heterocycles. The fourth-order valence-electron chi connectivity index (χ4n) is 4.96. The van der Waals surface area contributed by atoms with E-state index in [1.807, 2.05) is 6.08 Å². The second kappa shape index (κ2) is 16.9. The van der Waals surface area contributed by atoms with Crippen LogP contribution in [0.2, 0.25) is 0 Å². The predicted molar refractivity (Wildman–Crippen MR) is 135 cm³/mol. The summed E-state index contributed by atoms with van der Waals surface area (Å²) < 4.78 is 22.7. The van der Waals surface area contributed by atoms with Gasteiger partial charge in [0.1, 0.15) is 6.10 Å². The number of carbonyl (C=O) groups is 2. The molecule has 2 rings (SSSR count). The fraction of sp³-hybridized carbons (Fsp3) is 0.786. The number of unbranched alkanes of at least 4 members (excludes halogenated alkanes) is 3. The van der Waals surface area contributed by atoms with Crippen LogP contribution in [0.1, 0.15) is 90.9 Å². The molecule has 1 aliphatic carbocycles. The Morgan fingerprint density at radius 2 is 1.97 bits per heavy atom. The highest BCUT2D eigenvalue weighted by atomic mass is 16.7. The lowest BCUT2D eigenvalue weighted by Gasteiger charge is -2.29. The van der Waals surface area contributed by atoms with E-state index in [2.05, 4.69) is 25.2 Å². The Bertz CT molecular complexity index is 668. The number of allylic oxidation sites excluding steroid dienone is 2. The maximum atomic E-state index is 11.9. The largest absolute Gasteiger partial charge is 0.469 e. The lowest BCUT2D eigenvalue weighted by Crippen LogP contribution is -2.30. The van der Waals surface area contributed by atoms with E-state index in [4.69, 9.17) is 18.9 Å². The van der Waals surface area contributed by atoms with Crippen molar-refractivity contribution in [1.82, 2.24) is 0 Å². The molecule has 2 fully saturated rings. The Balaban J connectivity index is 2.09. The van der Waals surface area contributed by atoms with Gasteiger partial charge >= 0.3 is 11.9 Å². The van der Waals surface area contributed by atoms with Gasteiger partial charge < -0.3 is 24.1 Å². The molecular formula is C28H46O7. The minimum absolute atomic E-state index is 0.00502. The van der Waals surface area contributed by atoms with Crippen molar-refractivity contribution < 1.29 is 33.6 Å². The van der Waals surface area contributed by atoms with E-state index in [1.54, 1.807) is 0 Å². The Kier molecular flexibility index (Phi) is 14.2. The highest BCUT2D eigenvalue weighted by Gasteiger charge is 2.45. The summed E-state index contributed by atoms with van der Waals surface area (Å²) >= 11 is 0. The van der Waals surface area contributed by atoms with Gasteiger partial charge in [-0.15, -0.1) is 0 Å². The van der Waals surface area contributed by atoms with Crippen LogP contribution in [0.25, 0.3) is 0 Å². The molecule has 7 nitrogen and oxygen atoms in total. The van der Waals surface area contributed by atoms with E-state index in [9.17, 15) is 14.7 Å². The minimum atomic E-state index is -0.490. The van der Waals surface area contributed by atoms with Gasteiger partial charge in [0.05, 0.1) is 19.3 Å². The van der Waals surface area contributed by atoms with Gasteiger partial charge in [-0.25, -0.2) is 0 Å². The van der Waals surface area contributed by atoms with Crippen molar-refractivity contribution >= 4 is 11.9 Å². The number of hydrogen-bond donors (Lipinski definition) is 1. The van der Waals surface area contributed by atoms with E-state index < -0.39 is 6.10 Å². The summed E-state index contributed by atoms with van der Waals surface area (Å²) in [4.78, 5) is 23.2. The van der Waals surface area contributed by atoms with Crippen LogP contribution in [0.3, 0.4) is 0 Å². The number of methoxy groups -OCH3 is 1. The molecule has 35 heavy (non-hydrogen) atoms. The van der Waals surface area contributed by atoms with E-state index >= 15 is 0 Å².